The summed E-state index contributed by atoms with van der Waals surface area (Å²) in [7, 11) is 0. The zero-order valence-electron chi connectivity index (χ0n) is 18.8. The zero-order chi connectivity index (χ0) is 23.7. The maximum Gasteiger partial charge on any atom is 0.322 e. The largest absolute Gasteiger partial charge is 0.454 e. The molecule has 178 valence electrons. The molecule has 2 aromatic carbocycles. The van der Waals surface area contributed by atoms with Crippen molar-refractivity contribution in [1.29, 1.82) is 0 Å². The highest BCUT2D eigenvalue weighted by molar-refractivity contribution is 7.99. The van der Waals surface area contributed by atoms with Crippen LogP contribution in [-0.2, 0) is 11.3 Å². The lowest BCUT2D eigenvalue weighted by molar-refractivity contribution is -0.122. The van der Waals surface area contributed by atoms with Crippen molar-refractivity contribution in [2.75, 3.05) is 38.7 Å². The summed E-state index contributed by atoms with van der Waals surface area (Å²) in [6, 6.07) is 12.9. The third-order valence-electron chi connectivity index (χ3n) is 6.25. The van der Waals surface area contributed by atoms with Crippen LogP contribution >= 0.6 is 11.8 Å². The number of amides is 4. The maximum atomic E-state index is 13.3. The Morgan fingerprint density at radius 3 is 2.59 bits per heavy atom. The molecular formula is C24H26N4O5S. The van der Waals surface area contributed by atoms with E-state index in [2.05, 4.69) is 15.5 Å². The van der Waals surface area contributed by atoms with Gasteiger partial charge in [0.25, 0.3) is 11.8 Å². The molecule has 2 aromatic rings. The minimum atomic E-state index is -1.00. The zero-order valence-corrected chi connectivity index (χ0v) is 19.7. The summed E-state index contributed by atoms with van der Waals surface area (Å²) in [6.45, 7) is 5.57. The van der Waals surface area contributed by atoms with Crippen molar-refractivity contribution in [3.05, 3.63) is 53.6 Å². The van der Waals surface area contributed by atoms with Gasteiger partial charge in [0, 0.05) is 43.4 Å². The Morgan fingerprint density at radius 2 is 1.82 bits per heavy atom. The molecule has 34 heavy (non-hydrogen) atoms. The van der Waals surface area contributed by atoms with Crippen LogP contribution in [-0.4, -0.2) is 71.9 Å². The van der Waals surface area contributed by atoms with Gasteiger partial charge in [-0.15, -0.1) is 11.8 Å². The first-order chi connectivity index (χ1) is 16.4. The molecule has 2 saturated heterocycles. The molecule has 0 saturated carbocycles. The van der Waals surface area contributed by atoms with Gasteiger partial charge in [-0.2, -0.15) is 0 Å². The van der Waals surface area contributed by atoms with Gasteiger partial charge >= 0.3 is 6.03 Å². The predicted molar refractivity (Wildman–Crippen MR) is 126 cm³/mol. The van der Waals surface area contributed by atoms with Gasteiger partial charge < -0.3 is 19.7 Å². The fourth-order valence-corrected chi connectivity index (χ4v) is 5.38. The minimum absolute atomic E-state index is 0.0177. The van der Waals surface area contributed by atoms with Gasteiger partial charge in [-0.05, 0) is 36.8 Å². The van der Waals surface area contributed by atoms with Crippen LogP contribution in [0.5, 0.6) is 11.5 Å². The topological polar surface area (TPSA) is 100 Å². The summed E-state index contributed by atoms with van der Waals surface area (Å²) in [6.07, 6.45) is 0. The summed E-state index contributed by atoms with van der Waals surface area (Å²) >= 11 is 1.40. The van der Waals surface area contributed by atoms with Crippen LogP contribution in [0.25, 0.3) is 0 Å². The maximum absolute atomic E-state index is 13.3. The van der Waals surface area contributed by atoms with Crippen molar-refractivity contribution in [3.63, 3.8) is 0 Å². The summed E-state index contributed by atoms with van der Waals surface area (Å²) in [5.41, 5.74) is 0.769. The highest BCUT2D eigenvalue weighted by Crippen LogP contribution is 2.33. The first-order valence-electron chi connectivity index (χ1n) is 11.2. The van der Waals surface area contributed by atoms with E-state index in [1.54, 1.807) is 6.92 Å². The number of carbonyl (C=O) groups is 3. The number of carbonyl (C=O) groups excluding carboxylic acids is 3. The van der Waals surface area contributed by atoms with Crippen LogP contribution < -0.4 is 20.1 Å². The van der Waals surface area contributed by atoms with Gasteiger partial charge in [0.1, 0.15) is 5.54 Å². The second-order valence-corrected chi connectivity index (χ2v) is 9.80. The number of imide groups is 1. The molecule has 4 amide bonds. The van der Waals surface area contributed by atoms with E-state index < -0.39 is 11.6 Å². The van der Waals surface area contributed by atoms with Gasteiger partial charge in [0.2, 0.25) is 6.79 Å². The number of hydrogen-bond donors (Lipinski definition) is 2. The van der Waals surface area contributed by atoms with E-state index >= 15 is 0 Å². The molecule has 0 aliphatic carbocycles. The number of benzene rings is 2. The van der Waals surface area contributed by atoms with E-state index in [0.29, 0.717) is 24.4 Å². The number of nitrogens with zero attached hydrogens (tertiary/aromatic N) is 2. The minimum Gasteiger partial charge on any atom is -0.454 e. The van der Waals surface area contributed by atoms with E-state index in [9.17, 15) is 14.4 Å². The predicted octanol–water partition coefficient (Wildman–Crippen LogP) is 2.06. The average molecular weight is 483 g/mol. The Labute approximate surface area is 201 Å². The number of ether oxygens (including phenoxy) is 2. The molecule has 1 atom stereocenters. The fourth-order valence-electron chi connectivity index (χ4n) is 4.25. The number of piperazine rings is 1. The first-order valence-corrected chi connectivity index (χ1v) is 12.2. The Morgan fingerprint density at radius 1 is 1.06 bits per heavy atom. The smallest absolute Gasteiger partial charge is 0.322 e. The lowest BCUT2D eigenvalue weighted by atomic mass is 10.1. The SMILES string of the molecule is C[C@@]1(CSc2ccccc2C(=O)N2CCN(Cc3ccc4c(c3)OCO4)CC2)NC(=O)NC1=O. The van der Waals surface area contributed by atoms with E-state index in [0.717, 1.165) is 41.6 Å². The van der Waals surface area contributed by atoms with Crippen LogP contribution in [0.2, 0.25) is 0 Å². The molecule has 3 aliphatic rings. The number of urea groups is 1. The molecule has 2 N–H and O–H groups in total. The molecule has 0 spiro atoms. The molecular weight excluding hydrogens is 456 g/mol. The Balaban J connectivity index is 1.19. The molecule has 10 heteroatoms. The van der Waals surface area contributed by atoms with Gasteiger partial charge in [0.15, 0.2) is 11.5 Å². The molecule has 3 heterocycles. The molecule has 0 radical (unpaired) electrons. The standard InChI is InChI=1S/C24H26N4O5S/c1-24(22(30)25-23(31)26-24)14-34-20-5-3-2-4-17(20)21(29)28-10-8-27(9-11-28)13-16-6-7-18-19(12-16)33-15-32-18/h2-7,12H,8-11,13-15H2,1H3,(H2,25,26,30,31)/t24-/m0/s1. The van der Waals surface area contributed by atoms with E-state index in [1.165, 1.54) is 11.8 Å². The van der Waals surface area contributed by atoms with Crippen molar-refractivity contribution >= 4 is 29.6 Å². The van der Waals surface area contributed by atoms with E-state index in [4.69, 9.17) is 9.47 Å². The number of hydrogen-bond acceptors (Lipinski definition) is 7. The third kappa shape index (κ3) is 4.55. The van der Waals surface area contributed by atoms with Gasteiger partial charge in [-0.3, -0.25) is 19.8 Å². The van der Waals surface area contributed by atoms with Crippen molar-refractivity contribution in [2.24, 2.45) is 0 Å². The first kappa shape index (κ1) is 22.5. The normalized spacial score (nSPS) is 22.0. The van der Waals surface area contributed by atoms with Crippen LogP contribution in [0.4, 0.5) is 4.79 Å². The molecule has 5 rings (SSSR count). The summed E-state index contributed by atoms with van der Waals surface area (Å²) in [4.78, 5) is 42.0. The molecule has 0 aromatic heterocycles. The highest BCUT2D eigenvalue weighted by Gasteiger charge is 2.42. The molecule has 3 aliphatic heterocycles. The summed E-state index contributed by atoms with van der Waals surface area (Å²) in [5, 5.41) is 4.94. The number of fused-ring (bicyclic) bond motifs is 1. The Kier molecular flexibility index (Phi) is 6.09. The van der Waals surface area contributed by atoms with Crippen molar-refractivity contribution in [3.8, 4) is 11.5 Å². The Bertz CT molecular complexity index is 1130. The summed E-state index contributed by atoms with van der Waals surface area (Å²) in [5.74, 6) is 1.52. The molecule has 9 nitrogen and oxygen atoms in total. The lowest BCUT2D eigenvalue weighted by Crippen LogP contribution is -2.48. The van der Waals surface area contributed by atoms with Crippen LogP contribution in [0, 0.1) is 0 Å². The van der Waals surface area contributed by atoms with Crippen molar-refractivity contribution < 1.29 is 23.9 Å². The van der Waals surface area contributed by atoms with Gasteiger partial charge in [-0.1, -0.05) is 18.2 Å². The van der Waals surface area contributed by atoms with Crippen LogP contribution in [0.1, 0.15) is 22.8 Å². The number of rotatable bonds is 6. The van der Waals surface area contributed by atoms with Crippen molar-refractivity contribution in [2.45, 2.75) is 23.9 Å². The quantitative estimate of drug-likeness (QED) is 0.480. The molecule has 2 fully saturated rings. The Hall–Kier alpha value is -3.24. The van der Waals surface area contributed by atoms with Crippen LogP contribution in [0.3, 0.4) is 0 Å². The monoisotopic (exact) mass is 482 g/mol. The number of nitrogens with one attached hydrogen (secondary N) is 2. The summed E-state index contributed by atoms with van der Waals surface area (Å²) < 4.78 is 10.8. The number of thioether (sulfide) groups is 1. The van der Waals surface area contributed by atoms with Gasteiger partial charge in [-0.25, -0.2) is 4.79 Å². The second kappa shape index (κ2) is 9.19. The fraction of sp³-hybridized carbons (Fsp3) is 0.375. The van der Waals surface area contributed by atoms with Crippen molar-refractivity contribution in [1.82, 2.24) is 20.4 Å². The van der Waals surface area contributed by atoms with E-state index in [-0.39, 0.29) is 18.6 Å². The van der Waals surface area contributed by atoms with Crippen LogP contribution in [0.15, 0.2) is 47.4 Å². The van der Waals surface area contributed by atoms with Gasteiger partial charge in [0.05, 0.1) is 5.56 Å². The molecule has 0 bridgehead atoms. The lowest BCUT2D eigenvalue weighted by Gasteiger charge is -2.35. The third-order valence-corrected chi connectivity index (χ3v) is 7.64. The second-order valence-electron chi connectivity index (χ2n) is 8.78. The highest BCUT2D eigenvalue weighted by atomic mass is 32.2. The average Bonchev–Trinajstić information content (AvgIpc) is 3.40. The molecule has 0 unspecified atom stereocenters. The van der Waals surface area contributed by atoms with E-state index in [1.807, 2.05) is 47.4 Å².